The number of nitrogens with zero attached hydrogens (tertiary/aromatic N) is 3. The third kappa shape index (κ3) is 6.66. The van der Waals surface area contributed by atoms with Crippen LogP contribution in [0.5, 0.6) is 5.75 Å². The Bertz CT molecular complexity index is 1090. The normalized spacial score (nSPS) is 18.8. The van der Waals surface area contributed by atoms with Gasteiger partial charge in [-0.15, -0.1) is 0 Å². The Morgan fingerprint density at radius 1 is 1.17 bits per heavy atom. The summed E-state index contributed by atoms with van der Waals surface area (Å²) < 4.78 is 38.3. The van der Waals surface area contributed by atoms with Crippen LogP contribution in [0.15, 0.2) is 66.1 Å². The standard InChI is InChI=1S/C27H31F2N3O3/c1-19(2)35-27(33)24-7-4-10-30-26(24)32-13-11-31(12-14-32)17-20-5-3-6-23(15-20)34-18-21-8-9-22(28)16-25(21)29/h3-10,15,19,22H,11-14,16-18H2,1-2H3. The van der Waals surface area contributed by atoms with Gasteiger partial charge in [0.25, 0.3) is 0 Å². The van der Waals surface area contributed by atoms with Gasteiger partial charge in [0, 0.05) is 50.9 Å². The third-order valence-electron chi connectivity index (χ3n) is 5.95. The molecule has 0 bridgehead atoms. The topological polar surface area (TPSA) is 54.9 Å². The first-order valence-electron chi connectivity index (χ1n) is 11.9. The number of hydrogen-bond donors (Lipinski definition) is 0. The minimum absolute atomic E-state index is 0.0723. The lowest BCUT2D eigenvalue weighted by molar-refractivity contribution is 0.0378. The van der Waals surface area contributed by atoms with Crippen molar-refractivity contribution in [3.8, 4) is 5.75 Å². The highest BCUT2D eigenvalue weighted by Crippen LogP contribution is 2.25. The SMILES string of the molecule is CC(C)OC(=O)c1cccnc1N1CCN(Cc2cccc(OCC3=C(F)CC(F)C=C3)c2)CC1. The molecule has 1 aromatic heterocycles. The summed E-state index contributed by atoms with van der Waals surface area (Å²) in [6.07, 6.45) is 2.84. The summed E-state index contributed by atoms with van der Waals surface area (Å²) in [6.45, 7) is 7.58. The van der Waals surface area contributed by atoms with Gasteiger partial charge < -0.3 is 14.4 Å². The quantitative estimate of drug-likeness (QED) is 0.500. The molecule has 6 nitrogen and oxygen atoms in total. The summed E-state index contributed by atoms with van der Waals surface area (Å²) in [5.41, 5.74) is 1.96. The number of alkyl halides is 1. The van der Waals surface area contributed by atoms with E-state index in [2.05, 4.69) is 14.8 Å². The number of aromatic nitrogens is 1. The maximum absolute atomic E-state index is 13.9. The number of ether oxygens (including phenoxy) is 2. The molecule has 0 amide bonds. The number of halogens is 2. The molecule has 1 fully saturated rings. The summed E-state index contributed by atoms with van der Waals surface area (Å²) in [5.74, 6) is 0.498. The summed E-state index contributed by atoms with van der Waals surface area (Å²) in [7, 11) is 0. The van der Waals surface area contributed by atoms with Crippen molar-refractivity contribution < 1.29 is 23.0 Å². The fourth-order valence-electron chi connectivity index (χ4n) is 4.16. The van der Waals surface area contributed by atoms with Crippen LogP contribution < -0.4 is 9.64 Å². The minimum Gasteiger partial charge on any atom is -0.489 e. The number of allylic oxidation sites excluding steroid dienone is 2. The van der Waals surface area contributed by atoms with Crippen LogP contribution in [0.1, 0.15) is 36.2 Å². The second kappa shape index (κ2) is 11.4. The molecule has 186 valence electrons. The molecule has 4 rings (SSSR count). The maximum atomic E-state index is 13.9. The van der Waals surface area contributed by atoms with E-state index in [1.54, 1.807) is 18.3 Å². The van der Waals surface area contributed by atoms with Crippen LogP contribution in [0.2, 0.25) is 0 Å². The van der Waals surface area contributed by atoms with Crippen molar-refractivity contribution in [2.45, 2.75) is 39.1 Å². The van der Waals surface area contributed by atoms with E-state index in [9.17, 15) is 13.6 Å². The number of anilines is 1. The van der Waals surface area contributed by atoms with Crippen molar-refractivity contribution in [3.63, 3.8) is 0 Å². The van der Waals surface area contributed by atoms with Crippen LogP contribution in [0, 0.1) is 0 Å². The van der Waals surface area contributed by atoms with E-state index in [1.165, 1.54) is 12.2 Å². The fraction of sp³-hybridized carbons (Fsp3) is 0.407. The Morgan fingerprint density at radius 2 is 1.97 bits per heavy atom. The molecule has 0 saturated carbocycles. The molecule has 1 aliphatic heterocycles. The molecular weight excluding hydrogens is 452 g/mol. The van der Waals surface area contributed by atoms with Crippen molar-refractivity contribution in [1.82, 2.24) is 9.88 Å². The van der Waals surface area contributed by atoms with Crippen molar-refractivity contribution in [2.24, 2.45) is 0 Å². The van der Waals surface area contributed by atoms with Crippen LogP contribution in [-0.2, 0) is 11.3 Å². The second-order valence-corrected chi connectivity index (χ2v) is 9.04. The van der Waals surface area contributed by atoms with Crippen molar-refractivity contribution >= 4 is 11.8 Å². The molecule has 0 N–H and O–H groups in total. The van der Waals surface area contributed by atoms with E-state index in [4.69, 9.17) is 9.47 Å². The van der Waals surface area contributed by atoms with Gasteiger partial charge in [-0.05, 0) is 49.8 Å². The van der Waals surface area contributed by atoms with Crippen LogP contribution >= 0.6 is 0 Å². The van der Waals surface area contributed by atoms with Crippen molar-refractivity contribution in [3.05, 3.63) is 77.3 Å². The number of esters is 1. The van der Waals surface area contributed by atoms with Crippen LogP contribution in [0.4, 0.5) is 14.6 Å². The highest BCUT2D eigenvalue weighted by molar-refractivity contribution is 5.94. The molecular formula is C27H31F2N3O3. The molecule has 1 unspecified atom stereocenters. The zero-order valence-electron chi connectivity index (χ0n) is 20.1. The number of carbonyl (C=O) groups is 1. The van der Waals surface area contributed by atoms with Crippen LogP contribution in [-0.4, -0.2) is 60.9 Å². The Balaban J connectivity index is 1.32. The zero-order valence-corrected chi connectivity index (χ0v) is 20.1. The van der Waals surface area contributed by atoms with Crippen molar-refractivity contribution in [1.29, 1.82) is 0 Å². The number of piperazine rings is 1. The van der Waals surface area contributed by atoms with Gasteiger partial charge in [-0.3, -0.25) is 4.90 Å². The molecule has 35 heavy (non-hydrogen) atoms. The van der Waals surface area contributed by atoms with Gasteiger partial charge in [-0.25, -0.2) is 18.6 Å². The first kappa shape index (κ1) is 24.9. The fourth-order valence-corrected chi connectivity index (χ4v) is 4.16. The number of rotatable bonds is 8. The zero-order chi connectivity index (χ0) is 24.8. The summed E-state index contributed by atoms with van der Waals surface area (Å²) >= 11 is 0. The highest BCUT2D eigenvalue weighted by atomic mass is 19.1. The summed E-state index contributed by atoms with van der Waals surface area (Å²) in [5, 5.41) is 0. The van der Waals surface area contributed by atoms with Gasteiger partial charge in [0.05, 0.1) is 6.10 Å². The largest absolute Gasteiger partial charge is 0.489 e. The van der Waals surface area contributed by atoms with E-state index < -0.39 is 12.0 Å². The average molecular weight is 484 g/mol. The summed E-state index contributed by atoms with van der Waals surface area (Å²) in [4.78, 5) is 21.4. The molecule has 0 radical (unpaired) electrons. The van der Waals surface area contributed by atoms with Gasteiger partial charge in [-0.2, -0.15) is 0 Å². The average Bonchev–Trinajstić information content (AvgIpc) is 2.84. The molecule has 2 heterocycles. The first-order valence-corrected chi connectivity index (χ1v) is 11.9. The van der Waals surface area contributed by atoms with Gasteiger partial charge in [-0.1, -0.05) is 18.2 Å². The van der Waals surface area contributed by atoms with Crippen LogP contribution in [0.3, 0.4) is 0 Å². The van der Waals surface area contributed by atoms with E-state index in [1.807, 2.05) is 38.1 Å². The van der Waals surface area contributed by atoms with Gasteiger partial charge >= 0.3 is 5.97 Å². The first-order chi connectivity index (χ1) is 16.9. The lowest BCUT2D eigenvalue weighted by atomic mass is 10.1. The molecule has 0 spiro atoms. The minimum atomic E-state index is -1.26. The van der Waals surface area contributed by atoms with Crippen LogP contribution in [0.25, 0.3) is 0 Å². The number of benzene rings is 1. The maximum Gasteiger partial charge on any atom is 0.342 e. The predicted octanol–water partition coefficient (Wildman–Crippen LogP) is 4.87. The van der Waals surface area contributed by atoms with Gasteiger partial charge in [0.1, 0.15) is 35.7 Å². The molecule has 1 aromatic carbocycles. The molecule has 1 aliphatic carbocycles. The smallest absolute Gasteiger partial charge is 0.342 e. The van der Waals surface area contributed by atoms with Gasteiger partial charge in [0.2, 0.25) is 0 Å². The highest BCUT2D eigenvalue weighted by Gasteiger charge is 2.24. The lowest BCUT2D eigenvalue weighted by Crippen LogP contribution is -2.46. The number of pyridine rings is 1. The Labute approximate surface area is 204 Å². The molecule has 2 aromatic rings. The van der Waals surface area contributed by atoms with E-state index in [0.29, 0.717) is 22.7 Å². The third-order valence-corrected chi connectivity index (χ3v) is 5.95. The monoisotopic (exact) mass is 483 g/mol. The molecule has 8 heteroatoms. The Morgan fingerprint density at radius 3 is 2.71 bits per heavy atom. The Kier molecular flexibility index (Phi) is 8.13. The lowest BCUT2D eigenvalue weighted by Gasteiger charge is -2.36. The second-order valence-electron chi connectivity index (χ2n) is 9.04. The van der Waals surface area contributed by atoms with E-state index >= 15 is 0 Å². The summed E-state index contributed by atoms with van der Waals surface area (Å²) in [6, 6.07) is 11.2. The predicted molar refractivity (Wildman–Crippen MR) is 131 cm³/mol. The molecule has 1 saturated heterocycles. The Hall–Kier alpha value is -3.26. The van der Waals surface area contributed by atoms with E-state index in [-0.39, 0.29) is 25.1 Å². The van der Waals surface area contributed by atoms with E-state index in [0.717, 1.165) is 38.3 Å². The molecule has 2 aliphatic rings. The number of hydrogen-bond acceptors (Lipinski definition) is 6. The van der Waals surface area contributed by atoms with Gasteiger partial charge in [0.15, 0.2) is 0 Å². The van der Waals surface area contributed by atoms with Crippen molar-refractivity contribution in [2.75, 3.05) is 37.7 Å². The number of carbonyl (C=O) groups excluding carboxylic acids is 1. The molecule has 1 atom stereocenters.